The Morgan fingerprint density at radius 2 is 1.92 bits per heavy atom. The summed E-state index contributed by atoms with van der Waals surface area (Å²) in [5.41, 5.74) is 3.19. The number of thiocarbonyl (C=S) groups is 1. The van der Waals surface area contributed by atoms with E-state index in [1.807, 2.05) is 48.7 Å². The Morgan fingerprint density at radius 1 is 1.15 bits per heavy atom. The van der Waals surface area contributed by atoms with Gasteiger partial charge in [-0.05, 0) is 30.8 Å². The van der Waals surface area contributed by atoms with E-state index in [0.29, 0.717) is 16.4 Å². The summed E-state index contributed by atoms with van der Waals surface area (Å²) in [6, 6.07) is 15.2. The van der Waals surface area contributed by atoms with Gasteiger partial charge in [-0.25, -0.2) is 4.98 Å². The van der Waals surface area contributed by atoms with Gasteiger partial charge in [-0.2, -0.15) is 0 Å². The van der Waals surface area contributed by atoms with Gasteiger partial charge in [0.25, 0.3) is 5.91 Å². The number of hydrogen-bond donors (Lipinski definition) is 2. The fourth-order valence-electron chi connectivity index (χ4n) is 2.47. The zero-order valence-electron chi connectivity index (χ0n) is 14.3. The minimum Gasteiger partial charge on any atom is -0.496 e. The van der Waals surface area contributed by atoms with E-state index in [2.05, 4.69) is 15.6 Å². The minimum absolute atomic E-state index is 0.188. The monoisotopic (exact) mass is 383 g/mol. The van der Waals surface area contributed by atoms with Crippen molar-refractivity contribution in [3.63, 3.8) is 0 Å². The Kier molecular flexibility index (Phi) is 5.60. The molecule has 132 valence electrons. The molecule has 3 aromatic rings. The van der Waals surface area contributed by atoms with Gasteiger partial charge in [-0.1, -0.05) is 42.5 Å². The molecule has 1 amide bonds. The van der Waals surface area contributed by atoms with Crippen LogP contribution in [0.1, 0.15) is 15.9 Å². The third-order valence-electron chi connectivity index (χ3n) is 3.68. The molecule has 0 saturated carbocycles. The summed E-state index contributed by atoms with van der Waals surface area (Å²) in [5.74, 6) is 0.205. The van der Waals surface area contributed by atoms with Crippen LogP contribution >= 0.6 is 23.6 Å². The lowest BCUT2D eigenvalue weighted by molar-refractivity contribution is 0.0974. The molecule has 0 aliphatic carbocycles. The van der Waals surface area contributed by atoms with Crippen LogP contribution in [0.5, 0.6) is 5.75 Å². The lowest BCUT2D eigenvalue weighted by atomic mass is 10.1. The second-order valence-corrected chi connectivity index (χ2v) is 6.73. The summed E-state index contributed by atoms with van der Waals surface area (Å²) in [6.07, 6.45) is 0. The maximum atomic E-state index is 12.5. The summed E-state index contributed by atoms with van der Waals surface area (Å²) < 4.78 is 5.31. The summed E-state index contributed by atoms with van der Waals surface area (Å²) in [6.45, 7) is 1.88. The predicted molar refractivity (Wildman–Crippen MR) is 109 cm³/mol. The first-order valence-electron chi connectivity index (χ1n) is 7.85. The first-order chi connectivity index (χ1) is 12.6. The molecule has 0 saturated heterocycles. The Balaban J connectivity index is 1.67. The zero-order valence-corrected chi connectivity index (χ0v) is 15.9. The molecule has 0 unspecified atom stereocenters. The molecular weight excluding hydrogens is 366 g/mol. The van der Waals surface area contributed by atoms with Gasteiger partial charge in [0.1, 0.15) is 5.75 Å². The van der Waals surface area contributed by atoms with E-state index >= 15 is 0 Å². The standard InChI is InChI=1S/C19H17N3O2S2/c1-12-7-6-10-14(16(12)24-2)17(23)21-18(25)22-19-20-15(11-26-19)13-8-4-3-5-9-13/h3-11H,1-2H3,(H2,20,21,22,23,25). The van der Waals surface area contributed by atoms with Crippen molar-refractivity contribution >= 4 is 39.7 Å². The van der Waals surface area contributed by atoms with Crippen molar-refractivity contribution in [1.82, 2.24) is 10.3 Å². The highest BCUT2D eigenvalue weighted by Crippen LogP contribution is 2.25. The SMILES string of the molecule is COc1c(C)cccc1C(=O)NC(=S)Nc1nc(-c2ccccc2)cs1. The number of nitrogens with one attached hydrogen (secondary N) is 2. The number of carbonyl (C=O) groups excluding carboxylic acids is 1. The van der Waals surface area contributed by atoms with Crippen LogP contribution in [0.3, 0.4) is 0 Å². The van der Waals surface area contributed by atoms with Crippen LogP contribution in [0.2, 0.25) is 0 Å². The average molecular weight is 383 g/mol. The van der Waals surface area contributed by atoms with E-state index in [1.165, 1.54) is 18.4 Å². The van der Waals surface area contributed by atoms with Crippen LogP contribution in [-0.4, -0.2) is 23.1 Å². The van der Waals surface area contributed by atoms with Gasteiger partial charge in [0, 0.05) is 10.9 Å². The molecule has 26 heavy (non-hydrogen) atoms. The molecule has 3 rings (SSSR count). The topological polar surface area (TPSA) is 63.2 Å². The Morgan fingerprint density at radius 3 is 2.65 bits per heavy atom. The fraction of sp³-hybridized carbons (Fsp3) is 0.105. The van der Waals surface area contributed by atoms with E-state index in [-0.39, 0.29) is 11.0 Å². The van der Waals surface area contributed by atoms with Gasteiger partial charge >= 0.3 is 0 Å². The molecule has 0 radical (unpaired) electrons. The number of rotatable bonds is 4. The number of thiazole rings is 1. The second kappa shape index (κ2) is 8.07. The highest BCUT2D eigenvalue weighted by molar-refractivity contribution is 7.80. The molecule has 0 aliphatic heterocycles. The number of aromatic nitrogens is 1. The normalized spacial score (nSPS) is 10.2. The van der Waals surface area contributed by atoms with Gasteiger partial charge < -0.3 is 10.1 Å². The number of para-hydroxylation sites is 1. The van der Waals surface area contributed by atoms with Crippen LogP contribution in [-0.2, 0) is 0 Å². The molecule has 2 N–H and O–H groups in total. The summed E-state index contributed by atoms with van der Waals surface area (Å²) in [7, 11) is 1.54. The van der Waals surface area contributed by atoms with Crippen LogP contribution in [0.4, 0.5) is 5.13 Å². The molecule has 5 nitrogen and oxygen atoms in total. The smallest absolute Gasteiger partial charge is 0.261 e. The fourth-order valence-corrected chi connectivity index (χ4v) is 3.45. The Hall–Kier alpha value is -2.77. The molecule has 1 heterocycles. The number of benzene rings is 2. The molecule has 0 atom stereocenters. The Bertz CT molecular complexity index is 939. The number of amides is 1. The number of aryl methyl sites for hydroxylation is 1. The largest absolute Gasteiger partial charge is 0.496 e. The lowest BCUT2D eigenvalue weighted by Crippen LogP contribution is -2.34. The van der Waals surface area contributed by atoms with Crippen LogP contribution in [0, 0.1) is 6.92 Å². The molecule has 0 spiro atoms. The van der Waals surface area contributed by atoms with Crippen molar-refractivity contribution in [2.45, 2.75) is 6.92 Å². The second-order valence-electron chi connectivity index (χ2n) is 5.47. The van der Waals surface area contributed by atoms with E-state index < -0.39 is 0 Å². The van der Waals surface area contributed by atoms with Crippen molar-refractivity contribution in [1.29, 1.82) is 0 Å². The number of ether oxygens (including phenoxy) is 1. The lowest BCUT2D eigenvalue weighted by Gasteiger charge is -2.12. The van der Waals surface area contributed by atoms with E-state index in [9.17, 15) is 4.79 Å². The first-order valence-corrected chi connectivity index (χ1v) is 9.14. The molecule has 0 fully saturated rings. The summed E-state index contributed by atoms with van der Waals surface area (Å²) in [4.78, 5) is 17.0. The van der Waals surface area contributed by atoms with Crippen molar-refractivity contribution < 1.29 is 9.53 Å². The maximum absolute atomic E-state index is 12.5. The third-order valence-corrected chi connectivity index (χ3v) is 4.64. The number of methoxy groups -OCH3 is 1. The highest BCUT2D eigenvalue weighted by atomic mass is 32.1. The first kappa shape index (κ1) is 18.0. The van der Waals surface area contributed by atoms with E-state index in [1.54, 1.807) is 12.1 Å². The van der Waals surface area contributed by atoms with Gasteiger partial charge in [-0.3, -0.25) is 10.1 Å². The molecule has 0 bridgehead atoms. The number of anilines is 1. The van der Waals surface area contributed by atoms with Crippen LogP contribution < -0.4 is 15.4 Å². The number of nitrogens with zero attached hydrogens (tertiary/aromatic N) is 1. The van der Waals surface area contributed by atoms with Gasteiger partial charge in [0.05, 0.1) is 18.4 Å². The van der Waals surface area contributed by atoms with Crippen molar-refractivity contribution in [2.75, 3.05) is 12.4 Å². The van der Waals surface area contributed by atoms with Crippen LogP contribution in [0.25, 0.3) is 11.3 Å². The van der Waals surface area contributed by atoms with Gasteiger partial charge in [0.2, 0.25) is 0 Å². The van der Waals surface area contributed by atoms with E-state index in [0.717, 1.165) is 16.8 Å². The molecular formula is C19H17N3O2S2. The molecule has 2 aromatic carbocycles. The highest BCUT2D eigenvalue weighted by Gasteiger charge is 2.15. The summed E-state index contributed by atoms with van der Waals surface area (Å²) >= 11 is 6.65. The van der Waals surface area contributed by atoms with Gasteiger partial charge in [-0.15, -0.1) is 11.3 Å². The zero-order chi connectivity index (χ0) is 18.5. The van der Waals surface area contributed by atoms with Crippen molar-refractivity contribution in [2.24, 2.45) is 0 Å². The van der Waals surface area contributed by atoms with Crippen molar-refractivity contribution in [3.05, 3.63) is 65.0 Å². The Labute approximate surface area is 161 Å². The molecule has 7 heteroatoms. The predicted octanol–water partition coefficient (Wildman–Crippen LogP) is 4.25. The quantitative estimate of drug-likeness (QED) is 0.660. The number of hydrogen-bond acceptors (Lipinski definition) is 5. The number of carbonyl (C=O) groups is 1. The van der Waals surface area contributed by atoms with E-state index in [4.69, 9.17) is 17.0 Å². The molecule has 0 aliphatic rings. The third kappa shape index (κ3) is 4.07. The average Bonchev–Trinajstić information content (AvgIpc) is 3.10. The maximum Gasteiger partial charge on any atom is 0.261 e. The van der Waals surface area contributed by atoms with Gasteiger partial charge in [0.15, 0.2) is 10.2 Å². The summed E-state index contributed by atoms with van der Waals surface area (Å²) in [5, 5.41) is 8.35. The minimum atomic E-state index is -0.331. The molecule has 1 aromatic heterocycles. The van der Waals surface area contributed by atoms with Crippen LogP contribution in [0.15, 0.2) is 53.9 Å². The van der Waals surface area contributed by atoms with Crippen molar-refractivity contribution in [3.8, 4) is 17.0 Å².